The smallest absolute Gasteiger partial charge is 0.339 e. The van der Waals surface area contributed by atoms with E-state index in [1.807, 2.05) is 6.92 Å². The number of carboxylic acid groups (broad SMARTS) is 1. The minimum absolute atomic E-state index is 0.330. The number of rotatable bonds is 8. The fourth-order valence-corrected chi connectivity index (χ4v) is 3.88. The number of carbonyl (C=O) groups is 3. The maximum absolute atomic E-state index is 12.3. The van der Waals surface area contributed by atoms with E-state index in [1.54, 1.807) is 26.0 Å². The van der Waals surface area contributed by atoms with Gasteiger partial charge in [-0.05, 0) is 61.8 Å². The summed E-state index contributed by atoms with van der Waals surface area (Å²) in [6.07, 6.45) is 3.27. The second kappa shape index (κ2) is 9.84. The normalized spacial score (nSPS) is 14.0. The summed E-state index contributed by atoms with van der Waals surface area (Å²) in [6, 6.07) is 2.41. The topological polar surface area (TPSA) is 138 Å². The van der Waals surface area contributed by atoms with Gasteiger partial charge in [0.15, 0.2) is 6.61 Å². The monoisotopic (exact) mass is 443 g/mol. The fraction of sp³-hybridized carbons (Fsp3) is 0.478. The molecule has 0 unspecified atom stereocenters. The highest BCUT2D eigenvalue weighted by Crippen LogP contribution is 2.34. The van der Waals surface area contributed by atoms with Crippen molar-refractivity contribution in [2.24, 2.45) is 5.92 Å². The zero-order valence-electron chi connectivity index (χ0n) is 18.4. The fourth-order valence-electron chi connectivity index (χ4n) is 3.88. The number of aliphatic carboxylic acids is 1. The number of hydrogen-bond acceptors (Lipinski definition) is 7. The van der Waals surface area contributed by atoms with Crippen LogP contribution in [-0.4, -0.2) is 37.0 Å². The number of aryl methyl sites for hydroxylation is 2. The zero-order valence-corrected chi connectivity index (χ0v) is 18.4. The van der Waals surface area contributed by atoms with E-state index < -0.39 is 30.4 Å². The number of carbonyl (C=O) groups excluding carboxylic acids is 3. The lowest BCUT2D eigenvalue weighted by atomic mass is 9.90. The summed E-state index contributed by atoms with van der Waals surface area (Å²) in [7, 11) is 0. The number of benzene rings is 1. The van der Waals surface area contributed by atoms with Crippen LogP contribution in [0.15, 0.2) is 21.3 Å². The molecule has 0 fully saturated rings. The minimum Gasteiger partial charge on any atom is -0.548 e. The summed E-state index contributed by atoms with van der Waals surface area (Å²) >= 11 is 0. The molecular formula is C23H27N2O7-. The predicted molar refractivity (Wildman–Crippen MR) is 114 cm³/mol. The van der Waals surface area contributed by atoms with E-state index in [2.05, 4.69) is 10.6 Å². The summed E-state index contributed by atoms with van der Waals surface area (Å²) in [6.45, 7) is 4.37. The van der Waals surface area contributed by atoms with Gasteiger partial charge in [-0.3, -0.25) is 9.59 Å². The van der Waals surface area contributed by atoms with Crippen molar-refractivity contribution in [2.75, 3.05) is 13.2 Å². The molecule has 0 spiro atoms. The molecule has 1 atom stereocenters. The van der Waals surface area contributed by atoms with Crippen molar-refractivity contribution in [1.29, 1.82) is 0 Å². The number of carboxylic acids is 1. The van der Waals surface area contributed by atoms with E-state index in [9.17, 15) is 24.3 Å². The van der Waals surface area contributed by atoms with Gasteiger partial charge < -0.3 is 29.7 Å². The van der Waals surface area contributed by atoms with Crippen molar-refractivity contribution in [2.45, 2.75) is 52.5 Å². The van der Waals surface area contributed by atoms with Crippen LogP contribution in [-0.2, 0) is 27.2 Å². The molecule has 0 aliphatic heterocycles. The van der Waals surface area contributed by atoms with E-state index in [1.165, 1.54) is 0 Å². The van der Waals surface area contributed by atoms with Crippen LogP contribution >= 0.6 is 0 Å². The van der Waals surface area contributed by atoms with E-state index in [0.717, 1.165) is 30.4 Å². The Hall–Kier alpha value is -3.36. The molecule has 2 N–H and O–H groups in total. The number of fused-ring (bicyclic) bond motifs is 3. The van der Waals surface area contributed by atoms with Gasteiger partial charge in [-0.2, -0.15) is 0 Å². The largest absolute Gasteiger partial charge is 0.548 e. The Morgan fingerprint density at radius 3 is 2.47 bits per heavy atom. The van der Waals surface area contributed by atoms with Crippen molar-refractivity contribution < 1.29 is 28.6 Å². The molecule has 9 nitrogen and oxygen atoms in total. The summed E-state index contributed by atoms with van der Waals surface area (Å²) in [5.74, 6) is -2.49. The third kappa shape index (κ3) is 5.27. The van der Waals surface area contributed by atoms with Gasteiger partial charge in [0, 0.05) is 5.56 Å². The highest BCUT2D eigenvalue weighted by atomic mass is 16.5. The van der Waals surface area contributed by atoms with Gasteiger partial charge in [-0.1, -0.05) is 13.8 Å². The van der Waals surface area contributed by atoms with Crippen molar-refractivity contribution in [3.8, 4) is 5.75 Å². The first-order chi connectivity index (χ1) is 15.2. The quantitative estimate of drug-likeness (QED) is 0.562. The van der Waals surface area contributed by atoms with Crippen LogP contribution in [0.5, 0.6) is 5.75 Å². The van der Waals surface area contributed by atoms with E-state index in [-0.39, 0.29) is 18.2 Å². The molecule has 1 aliphatic rings. The average molecular weight is 443 g/mol. The summed E-state index contributed by atoms with van der Waals surface area (Å²) in [4.78, 5) is 47.6. The molecule has 0 bridgehead atoms. The van der Waals surface area contributed by atoms with E-state index >= 15 is 0 Å². The lowest BCUT2D eigenvalue weighted by Gasteiger charge is -2.23. The van der Waals surface area contributed by atoms with Crippen LogP contribution in [0, 0.1) is 12.8 Å². The molecule has 0 saturated heterocycles. The van der Waals surface area contributed by atoms with Crippen molar-refractivity contribution in [3.05, 3.63) is 39.2 Å². The van der Waals surface area contributed by atoms with Gasteiger partial charge in [-0.25, -0.2) is 4.79 Å². The van der Waals surface area contributed by atoms with Crippen LogP contribution in [0.3, 0.4) is 0 Å². The summed E-state index contributed by atoms with van der Waals surface area (Å²) in [5.41, 5.74) is 2.47. The Morgan fingerprint density at radius 2 is 1.81 bits per heavy atom. The molecule has 1 aliphatic carbocycles. The highest BCUT2D eigenvalue weighted by Gasteiger charge is 2.22. The second-order valence-electron chi connectivity index (χ2n) is 8.36. The Labute approximate surface area is 185 Å². The molecule has 3 rings (SSSR count). The van der Waals surface area contributed by atoms with Crippen molar-refractivity contribution in [3.63, 3.8) is 0 Å². The Bertz CT molecular complexity index is 1100. The number of ether oxygens (including phenoxy) is 1. The van der Waals surface area contributed by atoms with E-state index in [0.29, 0.717) is 28.7 Å². The molecule has 9 heteroatoms. The van der Waals surface area contributed by atoms with Crippen LogP contribution in [0.1, 0.15) is 43.4 Å². The first-order valence-electron chi connectivity index (χ1n) is 10.7. The molecule has 172 valence electrons. The number of hydrogen-bond donors (Lipinski definition) is 2. The lowest BCUT2D eigenvalue weighted by molar-refractivity contribution is -0.309. The average Bonchev–Trinajstić information content (AvgIpc) is 2.73. The predicted octanol–water partition coefficient (Wildman–Crippen LogP) is 0.366. The zero-order chi connectivity index (χ0) is 23.4. The van der Waals surface area contributed by atoms with Gasteiger partial charge >= 0.3 is 5.63 Å². The van der Waals surface area contributed by atoms with Gasteiger partial charge in [0.25, 0.3) is 5.91 Å². The Kier molecular flexibility index (Phi) is 7.17. The number of amides is 2. The molecule has 0 saturated carbocycles. The molecule has 2 aromatic rings. The molecule has 1 aromatic carbocycles. The molecule has 0 radical (unpaired) electrons. The van der Waals surface area contributed by atoms with Gasteiger partial charge in [0.05, 0.1) is 23.9 Å². The van der Waals surface area contributed by atoms with Crippen LogP contribution in [0.4, 0.5) is 0 Å². The van der Waals surface area contributed by atoms with Gasteiger partial charge in [0.2, 0.25) is 5.91 Å². The first-order valence-corrected chi connectivity index (χ1v) is 10.7. The number of nitrogens with one attached hydrogen (secondary N) is 2. The maximum Gasteiger partial charge on any atom is 0.339 e. The molecule has 32 heavy (non-hydrogen) atoms. The summed E-state index contributed by atoms with van der Waals surface area (Å²) < 4.78 is 11.2. The third-order valence-electron chi connectivity index (χ3n) is 5.47. The van der Waals surface area contributed by atoms with Crippen LogP contribution < -0.4 is 26.1 Å². The van der Waals surface area contributed by atoms with Gasteiger partial charge in [0.1, 0.15) is 11.3 Å². The van der Waals surface area contributed by atoms with Crippen LogP contribution in [0.2, 0.25) is 0 Å². The van der Waals surface area contributed by atoms with Crippen LogP contribution in [0.25, 0.3) is 11.0 Å². The molecule has 1 heterocycles. The van der Waals surface area contributed by atoms with Gasteiger partial charge in [-0.15, -0.1) is 0 Å². The minimum atomic E-state index is -1.38. The lowest BCUT2D eigenvalue weighted by Crippen LogP contribution is -2.53. The first kappa shape index (κ1) is 23.3. The van der Waals surface area contributed by atoms with Crippen molar-refractivity contribution >= 4 is 28.8 Å². The molecular weight excluding hydrogens is 416 g/mol. The van der Waals surface area contributed by atoms with Crippen molar-refractivity contribution in [1.82, 2.24) is 10.6 Å². The molecule has 1 aromatic heterocycles. The summed E-state index contributed by atoms with van der Waals surface area (Å²) in [5, 5.41) is 16.5. The standard InChI is InChI=1S/C23H28N2O7/c1-12(2)21(22(28)29)25-18(26)10-24-19(27)11-31-16-8-13(3)9-17-20(16)14-6-4-5-7-15(14)23(30)32-17/h8-9,12,21H,4-7,10-11H2,1-3H3,(H,24,27)(H,25,26)(H,28,29)/p-1/t21-/m0/s1. The second-order valence-corrected chi connectivity index (χ2v) is 8.36. The Morgan fingerprint density at radius 1 is 1.12 bits per heavy atom. The third-order valence-corrected chi connectivity index (χ3v) is 5.47. The Balaban J connectivity index is 1.68. The highest BCUT2D eigenvalue weighted by molar-refractivity contribution is 5.90. The maximum atomic E-state index is 12.3. The SMILES string of the molecule is Cc1cc(OCC(=O)NCC(=O)N[C@H](C(=O)[O-])C(C)C)c2c3c(c(=O)oc2c1)CCCC3. The van der Waals surface area contributed by atoms with E-state index in [4.69, 9.17) is 9.15 Å². The molecule has 2 amide bonds.